The number of nitrogens with one attached hydrogen (secondary N) is 1. The van der Waals surface area contributed by atoms with Crippen LogP contribution >= 0.6 is 0 Å². The van der Waals surface area contributed by atoms with E-state index in [4.69, 9.17) is 0 Å². The van der Waals surface area contributed by atoms with Crippen molar-refractivity contribution in [3.05, 3.63) is 49.1 Å². The van der Waals surface area contributed by atoms with Gasteiger partial charge < -0.3 is 15.0 Å². The molecule has 2 aromatic rings. The SMILES string of the molecule is O=C(N[C@@H]1CC(Cn2ccnc2)C[C@H]1O)C1=NN(c2ccccc2)C(=O)CC1. The van der Waals surface area contributed by atoms with Crippen LogP contribution in [0, 0.1) is 5.92 Å². The van der Waals surface area contributed by atoms with Crippen LogP contribution in [0.5, 0.6) is 0 Å². The first-order chi connectivity index (χ1) is 13.6. The number of rotatable bonds is 5. The Morgan fingerprint density at radius 3 is 2.79 bits per heavy atom. The Bertz CT molecular complexity index is 865. The number of aromatic nitrogens is 2. The van der Waals surface area contributed by atoms with Crippen molar-refractivity contribution >= 4 is 23.2 Å². The summed E-state index contributed by atoms with van der Waals surface area (Å²) in [6, 6.07) is 8.75. The van der Waals surface area contributed by atoms with Crippen molar-refractivity contribution in [2.24, 2.45) is 11.0 Å². The number of imidazole rings is 1. The van der Waals surface area contributed by atoms with Crippen LogP contribution in [0.25, 0.3) is 0 Å². The van der Waals surface area contributed by atoms with Gasteiger partial charge in [-0.2, -0.15) is 5.10 Å². The first-order valence-electron chi connectivity index (χ1n) is 9.50. The smallest absolute Gasteiger partial charge is 0.267 e. The van der Waals surface area contributed by atoms with Gasteiger partial charge in [0.25, 0.3) is 5.91 Å². The lowest BCUT2D eigenvalue weighted by atomic mass is 10.1. The zero-order valence-electron chi connectivity index (χ0n) is 15.4. The van der Waals surface area contributed by atoms with E-state index in [-0.39, 0.29) is 30.2 Å². The number of hydrazone groups is 1. The summed E-state index contributed by atoms with van der Waals surface area (Å²) in [4.78, 5) is 28.9. The van der Waals surface area contributed by atoms with Crippen LogP contribution in [0.4, 0.5) is 5.69 Å². The molecule has 1 saturated carbocycles. The number of para-hydroxylation sites is 1. The molecule has 2 amide bonds. The fourth-order valence-electron chi connectivity index (χ4n) is 3.85. The maximum Gasteiger partial charge on any atom is 0.267 e. The van der Waals surface area contributed by atoms with Gasteiger partial charge in [-0.15, -0.1) is 0 Å². The minimum absolute atomic E-state index is 0.135. The molecule has 8 heteroatoms. The summed E-state index contributed by atoms with van der Waals surface area (Å²) in [5.41, 5.74) is 0.951. The van der Waals surface area contributed by atoms with Gasteiger partial charge in [0.05, 0.1) is 24.2 Å². The minimum atomic E-state index is -0.589. The van der Waals surface area contributed by atoms with Gasteiger partial charge in [0.2, 0.25) is 5.91 Å². The molecule has 4 rings (SSSR count). The van der Waals surface area contributed by atoms with Gasteiger partial charge in [0, 0.05) is 31.8 Å². The van der Waals surface area contributed by atoms with E-state index in [0.717, 1.165) is 6.54 Å². The molecular weight excluding hydrogens is 358 g/mol. The van der Waals surface area contributed by atoms with Gasteiger partial charge in [-0.05, 0) is 30.9 Å². The predicted octanol–water partition coefficient (Wildman–Crippen LogP) is 1.32. The molecule has 2 aliphatic rings. The molecule has 8 nitrogen and oxygen atoms in total. The Morgan fingerprint density at radius 2 is 2.04 bits per heavy atom. The fourth-order valence-corrected chi connectivity index (χ4v) is 3.85. The molecule has 0 saturated heterocycles. The summed E-state index contributed by atoms with van der Waals surface area (Å²) < 4.78 is 1.98. The lowest BCUT2D eigenvalue weighted by Gasteiger charge is -2.24. The molecule has 1 unspecified atom stereocenters. The zero-order valence-corrected chi connectivity index (χ0v) is 15.4. The van der Waals surface area contributed by atoms with Crippen molar-refractivity contribution < 1.29 is 14.7 Å². The Morgan fingerprint density at radius 1 is 1.21 bits per heavy atom. The Hall–Kier alpha value is -3.00. The molecule has 1 fully saturated rings. The maximum atomic E-state index is 12.7. The van der Waals surface area contributed by atoms with Crippen LogP contribution in [0.3, 0.4) is 0 Å². The quantitative estimate of drug-likeness (QED) is 0.816. The summed E-state index contributed by atoms with van der Waals surface area (Å²) in [6.07, 6.45) is 6.64. The van der Waals surface area contributed by atoms with E-state index < -0.39 is 6.10 Å². The minimum Gasteiger partial charge on any atom is -0.391 e. The maximum absolute atomic E-state index is 12.7. The average molecular weight is 381 g/mol. The van der Waals surface area contributed by atoms with E-state index in [1.165, 1.54) is 5.01 Å². The van der Waals surface area contributed by atoms with Crippen molar-refractivity contribution in [3.63, 3.8) is 0 Å². The first kappa shape index (κ1) is 18.4. The molecule has 1 aliphatic carbocycles. The first-order valence-corrected chi connectivity index (χ1v) is 9.50. The lowest BCUT2D eigenvalue weighted by Crippen LogP contribution is -2.45. The van der Waals surface area contributed by atoms with Crippen LogP contribution in [-0.2, 0) is 16.1 Å². The van der Waals surface area contributed by atoms with E-state index >= 15 is 0 Å². The van der Waals surface area contributed by atoms with Crippen molar-refractivity contribution in [1.82, 2.24) is 14.9 Å². The fraction of sp³-hybridized carbons (Fsp3) is 0.400. The monoisotopic (exact) mass is 381 g/mol. The van der Waals surface area contributed by atoms with Gasteiger partial charge in [-0.3, -0.25) is 9.59 Å². The molecule has 0 radical (unpaired) electrons. The highest BCUT2D eigenvalue weighted by molar-refractivity contribution is 6.40. The predicted molar refractivity (Wildman–Crippen MR) is 103 cm³/mol. The highest BCUT2D eigenvalue weighted by Crippen LogP contribution is 2.28. The largest absolute Gasteiger partial charge is 0.391 e. The third-order valence-electron chi connectivity index (χ3n) is 5.27. The van der Waals surface area contributed by atoms with Crippen molar-refractivity contribution in [2.45, 2.75) is 44.4 Å². The Kier molecular flexibility index (Phi) is 5.21. The van der Waals surface area contributed by atoms with E-state index in [9.17, 15) is 14.7 Å². The standard InChI is InChI=1S/C20H23N5O3/c26-18-11-14(12-24-9-8-21-13-24)10-17(18)22-20(28)16-6-7-19(27)25(23-16)15-4-2-1-3-5-15/h1-5,8-9,13-14,17-18,26H,6-7,10-12H2,(H,22,28)/t14?,17-,18-/m1/s1. The van der Waals surface area contributed by atoms with Crippen LogP contribution < -0.4 is 10.3 Å². The van der Waals surface area contributed by atoms with Crippen LogP contribution in [-0.4, -0.2) is 44.3 Å². The lowest BCUT2D eigenvalue weighted by molar-refractivity contribution is -0.119. The van der Waals surface area contributed by atoms with Crippen LogP contribution in [0.2, 0.25) is 0 Å². The van der Waals surface area contributed by atoms with Crippen LogP contribution in [0.15, 0.2) is 54.2 Å². The number of hydrogen-bond donors (Lipinski definition) is 2. The third-order valence-corrected chi connectivity index (χ3v) is 5.27. The molecule has 1 aliphatic heterocycles. The number of anilines is 1. The number of carbonyl (C=O) groups is 2. The van der Waals surface area contributed by atoms with E-state index in [1.54, 1.807) is 24.7 Å². The second kappa shape index (κ2) is 7.93. The number of aliphatic hydroxyl groups excluding tert-OH is 1. The summed E-state index contributed by atoms with van der Waals surface area (Å²) in [5.74, 6) is -0.185. The molecule has 1 aromatic carbocycles. The van der Waals surface area contributed by atoms with E-state index in [2.05, 4.69) is 15.4 Å². The molecule has 1 aromatic heterocycles. The summed E-state index contributed by atoms with van der Waals surface area (Å²) >= 11 is 0. The highest BCUT2D eigenvalue weighted by Gasteiger charge is 2.35. The van der Waals surface area contributed by atoms with E-state index in [0.29, 0.717) is 30.7 Å². The third kappa shape index (κ3) is 3.96. The number of nitrogens with zero attached hydrogens (tertiary/aromatic N) is 4. The van der Waals surface area contributed by atoms with Gasteiger partial charge in [0.1, 0.15) is 5.71 Å². The summed E-state index contributed by atoms with van der Waals surface area (Å²) in [7, 11) is 0. The normalized spacial score (nSPS) is 24.9. The van der Waals surface area contributed by atoms with Gasteiger partial charge >= 0.3 is 0 Å². The number of aliphatic hydroxyl groups is 1. The zero-order chi connectivity index (χ0) is 19.5. The Balaban J connectivity index is 1.41. The molecule has 146 valence electrons. The highest BCUT2D eigenvalue weighted by atomic mass is 16.3. The molecule has 0 spiro atoms. The van der Waals surface area contributed by atoms with Crippen molar-refractivity contribution in [1.29, 1.82) is 0 Å². The molecule has 2 N–H and O–H groups in total. The van der Waals surface area contributed by atoms with Gasteiger partial charge in [0.15, 0.2) is 0 Å². The average Bonchev–Trinajstić information content (AvgIpc) is 3.33. The van der Waals surface area contributed by atoms with Crippen molar-refractivity contribution in [2.75, 3.05) is 5.01 Å². The van der Waals surface area contributed by atoms with Gasteiger partial charge in [-0.25, -0.2) is 9.99 Å². The second-order valence-corrected chi connectivity index (χ2v) is 7.33. The number of benzene rings is 1. The Labute approximate surface area is 162 Å². The number of carbonyl (C=O) groups excluding carboxylic acids is 2. The molecule has 3 atom stereocenters. The number of amides is 2. The second-order valence-electron chi connectivity index (χ2n) is 7.33. The molecule has 2 heterocycles. The molecular formula is C20H23N5O3. The van der Waals surface area contributed by atoms with E-state index in [1.807, 2.05) is 29.0 Å². The molecule has 0 bridgehead atoms. The molecule has 28 heavy (non-hydrogen) atoms. The summed E-state index contributed by atoms with van der Waals surface area (Å²) in [6.45, 7) is 0.765. The van der Waals surface area contributed by atoms with Gasteiger partial charge in [-0.1, -0.05) is 18.2 Å². The number of hydrogen-bond acceptors (Lipinski definition) is 5. The van der Waals surface area contributed by atoms with Crippen LogP contribution in [0.1, 0.15) is 25.7 Å². The summed E-state index contributed by atoms with van der Waals surface area (Å²) in [5, 5.41) is 18.8. The van der Waals surface area contributed by atoms with Crippen molar-refractivity contribution in [3.8, 4) is 0 Å². The topological polar surface area (TPSA) is 99.8 Å².